The van der Waals surface area contributed by atoms with E-state index >= 15 is 0 Å². The molecule has 0 fully saturated rings. The number of hydrogen-bond donors (Lipinski definition) is 1. The third-order valence-electron chi connectivity index (χ3n) is 4.35. The summed E-state index contributed by atoms with van der Waals surface area (Å²) in [6.45, 7) is 6.01. The van der Waals surface area contributed by atoms with Gasteiger partial charge in [0.15, 0.2) is 6.61 Å². The molecule has 156 valence electrons. The number of carbonyl (C=O) groups excluding carboxylic acids is 1. The predicted octanol–water partition coefficient (Wildman–Crippen LogP) is 6.21. The normalized spacial score (nSPS) is 11.3. The maximum absolute atomic E-state index is 12.1. The fourth-order valence-electron chi connectivity index (χ4n) is 2.84. The zero-order valence-electron chi connectivity index (χ0n) is 16.9. The number of benzene rings is 2. The molecule has 0 spiro atoms. The quantitative estimate of drug-likeness (QED) is 0.347. The van der Waals surface area contributed by atoms with Gasteiger partial charge in [0.1, 0.15) is 17.3 Å². The smallest absolute Gasteiger partial charge is 0.277 e. The van der Waals surface area contributed by atoms with E-state index < -0.39 is 0 Å². The van der Waals surface area contributed by atoms with Gasteiger partial charge in [0.25, 0.3) is 5.91 Å². The SMILES string of the molecule is Cc1ccc(C(C)C)c(OCC(=O)N/N=C/c2ccc(-c3ccc(Cl)cc3Cl)o2)c1. The van der Waals surface area contributed by atoms with E-state index in [1.807, 2.05) is 25.1 Å². The molecule has 0 aliphatic rings. The molecule has 3 aromatic rings. The molecular formula is C23H22Cl2N2O3. The molecule has 7 heteroatoms. The van der Waals surface area contributed by atoms with Crippen molar-refractivity contribution in [1.29, 1.82) is 0 Å². The van der Waals surface area contributed by atoms with Crippen molar-refractivity contribution in [2.75, 3.05) is 6.61 Å². The number of halogens is 2. The van der Waals surface area contributed by atoms with Crippen molar-refractivity contribution in [2.24, 2.45) is 5.10 Å². The van der Waals surface area contributed by atoms with E-state index in [0.29, 0.717) is 33.2 Å². The number of nitrogens with zero attached hydrogens (tertiary/aromatic N) is 1. The van der Waals surface area contributed by atoms with E-state index in [0.717, 1.165) is 16.7 Å². The first-order chi connectivity index (χ1) is 14.3. The molecular weight excluding hydrogens is 423 g/mol. The Kier molecular flexibility index (Phi) is 7.19. The number of hydrazone groups is 1. The summed E-state index contributed by atoms with van der Waals surface area (Å²) >= 11 is 12.1. The van der Waals surface area contributed by atoms with Gasteiger partial charge in [0.05, 0.1) is 11.2 Å². The summed E-state index contributed by atoms with van der Waals surface area (Å²) < 4.78 is 11.4. The minimum Gasteiger partial charge on any atom is -0.483 e. The molecule has 0 bridgehead atoms. The second-order valence-corrected chi connectivity index (χ2v) is 7.95. The zero-order chi connectivity index (χ0) is 21.7. The summed E-state index contributed by atoms with van der Waals surface area (Å²) in [5, 5.41) is 4.96. The number of amides is 1. The highest BCUT2D eigenvalue weighted by molar-refractivity contribution is 6.36. The van der Waals surface area contributed by atoms with Gasteiger partial charge in [0, 0.05) is 10.6 Å². The Morgan fingerprint density at radius 1 is 1.17 bits per heavy atom. The Bertz CT molecular complexity index is 1070. The molecule has 0 unspecified atom stereocenters. The molecule has 0 aliphatic heterocycles. The number of furan rings is 1. The van der Waals surface area contributed by atoms with Crippen LogP contribution in [-0.4, -0.2) is 18.7 Å². The van der Waals surface area contributed by atoms with Crippen molar-refractivity contribution in [1.82, 2.24) is 5.43 Å². The Morgan fingerprint density at radius 3 is 2.70 bits per heavy atom. The van der Waals surface area contributed by atoms with Crippen molar-refractivity contribution in [3.05, 3.63) is 75.5 Å². The van der Waals surface area contributed by atoms with Crippen LogP contribution in [0.5, 0.6) is 5.75 Å². The van der Waals surface area contributed by atoms with Gasteiger partial charge in [-0.1, -0.05) is 49.2 Å². The lowest BCUT2D eigenvalue weighted by Crippen LogP contribution is -2.24. The van der Waals surface area contributed by atoms with Crippen LogP contribution in [0.3, 0.4) is 0 Å². The van der Waals surface area contributed by atoms with Crippen molar-refractivity contribution >= 4 is 35.3 Å². The molecule has 5 nitrogen and oxygen atoms in total. The van der Waals surface area contributed by atoms with Gasteiger partial charge in [-0.15, -0.1) is 0 Å². The number of aryl methyl sites for hydroxylation is 1. The summed E-state index contributed by atoms with van der Waals surface area (Å²) in [6, 6.07) is 14.6. The molecule has 0 saturated heterocycles. The molecule has 0 aliphatic carbocycles. The summed E-state index contributed by atoms with van der Waals surface area (Å²) in [5.74, 6) is 1.69. The number of carbonyl (C=O) groups is 1. The van der Waals surface area contributed by atoms with E-state index in [1.165, 1.54) is 6.21 Å². The highest BCUT2D eigenvalue weighted by atomic mass is 35.5. The Morgan fingerprint density at radius 2 is 1.97 bits per heavy atom. The van der Waals surface area contributed by atoms with Crippen LogP contribution in [0.15, 0.2) is 58.0 Å². The molecule has 1 aromatic heterocycles. The number of rotatable bonds is 7. The van der Waals surface area contributed by atoms with E-state index in [9.17, 15) is 4.79 Å². The lowest BCUT2D eigenvalue weighted by Gasteiger charge is -2.14. The van der Waals surface area contributed by atoms with Gasteiger partial charge in [-0.05, 0) is 60.4 Å². The van der Waals surface area contributed by atoms with Gasteiger partial charge in [-0.3, -0.25) is 4.79 Å². The highest BCUT2D eigenvalue weighted by Gasteiger charge is 2.11. The van der Waals surface area contributed by atoms with Crippen molar-refractivity contribution in [3.63, 3.8) is 0 Å². The highest BCUT2D eigenvalue weighted by Crippen LogP contribution is 2.31. The average Bonchev–Trinajstić information content (AvgIpc) is 3.14. The first kappa shape index (κ1) is 21.9. The van der Waals surface area contributed by atoms with Crippen LogP contribution in [0.4, 0.5) is 0 Å². The van der Waals surface area contributed by atoms with Crippen molar-refractivity contribution in [3.8, 4) is 17.1 Å². The van der Waals surface area contributed by atoms with Crippen LogP contribution in [0.25, 0.3) is 11.3 Å². The molecule has 1 N–H and O–H groups in total. The van der Waals surface area contributed by atoms with E-state index in [2.05, 4.69) is 24.4 Å². The van der Waals surface area contributed by atoms with Gasteiger partial charge in [0.2, 0.25) is 0 Å². The van der Waals surface area contributed by atoms with Crippen molar-refractivity contribution < 1.29 is 13.9 Å². The molecule has 1 heterocycles. The minimum absolute atomic E-state index is 0.135. The van der Waals surface area contributed by atoms with Crippen LogP contribution >= 0.6 is 23.2 Å². The topological polar surface area (TPSA) is 63.8 Å². The summed E-state index contributed by atoms with van der Waals surface area (Å²) in [5.41, 5.74) is 5.28. The molecule has 1 amide bonds. The largest absolute Gasteiger partial charge is 0.483 e. The van der Waals surface area contributed by atoms with Crippen molar-refractivity contribution in [2.45, 2.75) is 26.7 Å². The predicted molar refractivity (Wildman–Crippen MR) is 121 cm³/mol. The Hall–Kier alpha value is -2.76. The second kappa shape index (κ2) is 9.83. The van der Waals surface area contributed by atoms with E-state index in [1.54, 1.807) is 30.3 Å². The fraction of sp³-hybridized carbons (Fsp3) is 0.217. The van der Waals surface area contributed by atoms with E-state index in [-0.39, 0.29) is 12.5 Å². The maximum atomic E-state index is 12.1. The molecule has 0 radical (unpaired) electrons. The van der Waals surface area contributed by atoms with Gasteiger partial charge in [-0.25, -0.2) is 5.43 Å². The Labute approximate surface area is 185 Å². The lowest BCUT2D eigenvalue weighted by molar-refractivity contribution is -0.123. The molecule has 0 atom stereocenters. The molecule has 2 aromatic carbocycles. The van der Waals surface area contributed by atoms with Gasteiger partial charge in [-0.2, -0.15) is 5.10 Å². The molecule has 3 rings (SSSR count). The van der Waals surface area contributed by atoms with E-state index in [4.69, 9.17) is 32.4 Å². The average molecular weight is 445 g/mol. The monoisotopic (exact) mass is 444 g/mol. The second-order valence-electron chi connectivity index (χ2n) is 7.10. The third-order valence-corrected chi connectivity index (χ3v) is 4.90. The first-order valence-corrected chi connectivity index (χ1v) is 10.2. The van der Waals surface area contributed by atoms with Crippen LogP contribution in [-0.2, 0) is 4.79 Å². The van der Waals surface area contributed by atoms with Crippen LogP contribution in [0, 0.1) is 6.92 Å². The summed E-state index contributed by atoms with van der Waals surface area (Å²) in [4.78, 5) is 12.1. The van der Waals surface area contributed by atoms with Crippen LogP contribution in [0.1, 0.15) is 36.7 Å². The first-order valence-electron chi connectivity index (χ1n) is 9.44. The summed E-state index contributed by atoms with van der Waals surface area (Å²) in [6.07, 6.45) is 1.41. The number of ether oxygens (including phenoxy) is 1. The molecule has 30 heavy (non-hydrogen) atoms. The lowest BCUT2D eigenvalue weighted by atomic mass is 10.0. The summed E-state index contributed by atoms with van der Waals surface area (Å²) in [7, 11) is 0. The van der Waals surface area contributed by atoms with Gasteiger partial charge < -0.3 is 9.15 Å². The number of nitrogens with one attached hydrogen (secondary N) is 1. The molecule has 0 saturated carbocycles. The Balaban J connectivity index is 1.57. The van der Waals surface area contributed by atoms with Gasteiger partial charge >= 0.3 is 0 Å². The standard InChI is InChI=1S/C23H22Cl2N2O3/c1-14(2)18-7-4-15(3)10-22(18)29-13-23(28)27-26-12-17-6-9-21(30-17)19-8-5-16(24)11-20(19)25/h4-12,14H,13H2,1-3H3,(H,27,28)/b26-12+. The third kappa shape index (κ3) is 5.65. The van der Waals surface area contributed by atoms with Crippen LogP contribution < -0.4 is 10.2 Å². The fourth-order valence-corrected chi connectivity index (χ4v) is 3.34. The maximum Gasteiger partial charge on any atom is 0.277 e. The van der Waals surface area contributed by atoms with Crippen LogP contribution in [0.2, 0.25) is 10.0 Å². The number of hydrogen-bond acceptors (Lipinski definition) is 4. The minimum atomic E-state index is -0.366. The zero-order valence-corrected chi connectivity index (χ0v) is 18.4.